The highest BCUT2D eigenvalue weighted by Gasteiger charge is 2.49. The van der Waals surface area contributed by atoms with Crippen LogP contribution in [0.15, 0.2) is 35.5 Å². The Bertz CT molecular complexity index is 1130. The fourth-order valence-electron chi connectivity index (χ4n) is 3.71. The van der Waals surface area contributed by atoms with Crippen LogP contribution >= 0.6 is 0 Å². The van der Waals surface area contributed by atoms with Crippen molar-refractivity contribution in [3.63, 3.8) is 0 Å². The van der Waals surface area contributed by atoms with Crippen molar-refractivity contribution in [3.8, 4) is 5.88 Å². The predicted molar refractivity (Wildman–Crippen MR) is 110 cm³/mol. The number of ether oxygens (including phenoxy) is 2. The minimum Gasteiger partial charge on any atom is -0.481 e. The molecule has 1 saturated heterocycles. The summed E-state index contributed by atoms with van der Waals surface area (Å²) in [6.45, 7) is 5.86. The van der Waals surface area contributed by atoms with E-state index < -0.39 is 27.0 Å². The van der Waals surface area contributed by atoms with E-state index in [0.717, 1.165) is 5.56 Å². The number of rotatable bonds is 5. The fraction of sp³-hybridized carbons (Fsp3) is 0.476. The van der Waals surface area contributed by atoms with E-state index in [1.807, 2.05) is 6.07 Å². The first-order chi connectivity index (χ1) is 14.5. The zero-order chi connectivity index (χ0) is 22.4. The summed E-state index contributed by atoms with van der Waals surface area (Å²) in [7, 11) is -3.87. The van der Waals surface area contributed by atoms with Crippen molar-refractivity contribution in [2.75, 3.05) is 19.8 Å². The summed E-state index contributed by atoms with van der Waals surface area (Å²) >= 11 is 0. The maximum atomic E-state index is 13.4. The third kappa shape index (κ3) is 4.02. The van der Waals surface area contributed by atoms with E-state index >= 15 is 0 Å². The molecule has 0 bridgehead atoms. The van der Waals surface area contributed by atoms with E-state index in [1.165, 1.54) is 16.6 Å². The summed E-state index contributed by atoms with van der Waals surface area (Å²) in [6.07, 6.45) is 3.42. The molecule has 2 aromatic rings. The Labute approximate surface area is 181 Å². The number of aliphatic carboxylic acids is 1. The van der Waals surface area contributed by atoms with Gasteiger partial charge in [0.25, 0.3) is 0 Å². The number of pyridine rings is 2. The maximum absolute atomic E-state index is 13.4. The van der Waals surface area contributed by atoms with Gasteiger partial charge in [-0.1, -0.05) is 6.07 Å². The Kier molecular flexibility index (Phi) is 5.27. The van der Waals surface area contributed by atoms with Gasteiger partial charge < -0.3 is 14.6 Å². The zero-order valence-corrected chi connectivity index (χ0v) is 18.5. The zero-order valence-electron chi connectivity index (χ0n) is 17.7. The first-order valence-electron chi connectivity index (χ1n) is 9.92. The third-order valence-corrected chi connectivity index (χ3v) is 7.49. The van der Waals surface area contributed by atoms with Gasteiger partial charge in [0.2, 0.25) is 15.9 Å². The van der Waals surface area contributed by atoms with Crippen LogP contribution in [0.4, 0.5) is 0 Å². The van der Waals surface area contributed by atoms with Gasteiger partial charge in [-0.2, -0.15) is 4.31 Å². The van der Waals surface area contributed by atoms with Crippen LogP contribution in [0.5, 0.6) is 5.88 Å². The second-order valence-electron chi connectivity index (χ2n) is 8.81. The molecule has 0 aromatic carbocycles. The Balaban J connectivity index is 1.70. The van der Waals surface area contributed by atoms with Gasteiger partial charge >= 0.3 is 5.97 Å². The lowest BCUT2D eigenvalue weighted by molar-refractivity contribution is -0.166. The Morgan fingerprint density at radius 3 is 2.71 bits per heavy atom. The van der Waals surface area contributed by atoms with Gasteiger partial charge in [0.05, 0.1) is 25.2 Å². The lowest BCUT2D eigenvalue weighted by Crippen LogP contribution is -2.60. The molecule has 0 atom stereocenters. The standard InChI is InChI=1S/C21H25N3O6S/c1-14-16(7-15(9-23-14)8-20(2,3)19(25)26)10-24-11-21(12-29-13-21)30-18-17(31(24,27)28)5-4-6-22-18/h4-7,9H,8,10-13H2,1-3H3,(H,25,26). The second-order valence-corrected chi connectivity index (χ2v) is 10.7. The van der Waals surface area contributed by atoms with Crippen molar-refractivity contribution in [2.24, 2.45) is 5.41 Å². The van der Waals surface area contributed by atoms with Crippen molar-refractivity contribution in [3.05, 3.63) is 47.4 Å². The van der Waals surface area contributed by atoms with E-state index in [9.17, 15) is 18.3 Å². The van der Waals surface area contributed by atoms with Gasteiger partial charge in [0, 0.05) is 24.6 Å². The Morgan fingerprint density at radius 1 is 1.32 bits per heavy atom. The number of carboxylic acid groups (broad SMARTS) is 1. The summed E-state index contributed by atoms with van der Waals surface area (Å²) in [6, 6.07) is 4.89. The molecule has 166 valence electrons. The molecule has 9 nitrogen and oxygen atoms in total. The highest BCUT2D eigenvalue weighted by atomic mass is 32.2. The molecule has 2 aliphatic heterocycles. The van der Waals surface area contributed by atoms with E-state index in [0.29, 0.717) is 11.3 Å². The number of aromatic nitrogens is 2. The lowest BCUT2D eigenvalue weighted by Gasteiger charge is -2.41. The van der Waals surface area contributed by atoms with E-state index in [-0.39, 0.29) is 43.5 Å². The fourth-order valence-corrected chi connectivity index (χ4v) is 5.27. The van der Waals surface area contributed by atoms with Crippen LogP contribution in [0.25, 0.3) is 0 Å². The van der Waals surface area contributed by atoms with E-state index in [1.54, 1.807) is 33.0 Å². The summed E-state index contributed by atoms with van der Waals surface area (Å²) in [4.78, 5) is 20.0. The number of aryl methyl sites for hydroxylation is 1. The molecule has 0 amide bonds. The molecule has 1 fully saturated rings. The van der Waals surface area contributed by atoms with Crippen LogP contribution in [0, 0.1) is 12.3 Å². The molecule has 2 aliphatic rings. The van der Waals surface area contributed by atoms with Crippen LogP contribution in [0.2, 0.25) is 0 Å². The van der Waals surface area contributed by atoms with Crippen molar-refractivity contribution in [2.45, 2.75) is 44.2 Å². The van der Waals surface area contributed by atoms with Crippen LogP contribution in [0.3, 0.4) is 0 Å². The number of fused-ring (bicyclic) bond motifs is 1. The quantitative estimate of drug-likeness (QED) is 0.737. The number of nitrogens with zero attached hydrogens (tertiary/aromatic N) is 3. The molecule has 4 heterocycles. The van der Waals surface area contributed by atoms with Crippen LogP contribution < -0.4 is 4.74 Å². The van der Waals surface area contributed by atoms with Crippen molar-refractivity contribution in [1.29, 1.82) is 0 Å². The molecular weight excluding hydrogens is 422 g/mol. The number of carboxylic acids is 1. The monoisotopic (exact) mass is 447 g/mol. The number of hydrogen-bond donors (Lipinski definition) is 1. The van der Waals surface area contributed by atoms with Crippen molar-refractivity contribution < 1.29 is 27.8 Å². The van der Waals surface area contributed by atoms with Gasteiger partial charge in [0.1, 0.15) is 4.90 Å². The Hall–Kier alpha value is -2.56. The number of hydrogen-bond acceptors (Lipinski definition) is 7. The molecule has 1 N–H and O–H groups in total. The molecule has 4 rings (SSSR count). The predicted octanol–water partition coefficient (Wildman–Crippen LogP) is 1.79. The van der Waals surface area contributed by atoms with E-state index in [2.05, 4.69) is 9.97 Å². The van der Waals surface area contributed by atoms with Crippen LogP contribution in [-0.4, -0.2) is 59.1 Å². The summed E-state index contributed by atoms with van der Waals surface area (Å²) in [5, 5.41) is 9.43. The van der Waals surface area contributed by atoms with Crippen molar-refractivity contribution in [1.82, 2.24) is 14.3 Å². The molecule has 0 radical (unpaired) electrons. The molecule has 0 unspecified atom stereocenters. The van der Waals surface area contributed by atoms with Crippen LogP contribution in [-0.2, 0) is 32.5 Å². The van der Waals surface area contributed by atoms with Crippen LogP contribution in [0.1, 0.15) is 30.7 Å². The van der Waals surface area contributed by atoms with Gasteiger partial charge in [0.15, 0.2) is 5.60 Å². The molecule has 10 heteroatoms. The second kappa shape index (κ2) is 7.54. The number of sulfonamides is 1. The molecular formula is C21H25N3O6S. The molecule has 31 heavy (non-hydrogen) atoms. The lowest BCUT2D eigenvalue weighted by atomic mass is 9.86. The topological polar surface area (TPSA) is 119 Å². The Morgan fingerprint density at radius 2 is 2.06 bits per heavy atom. The summed E-state index contributed by atoms with van der Waals surface area (Å²) in [5.74, 6) is -0.821. The number of carbonyl (C=O) groups is 1. The first-order valence-corrected chi connectivity index (χ1v) is 11.4. The SMILES string of the molecule is Cc1ncc(CC(C)(C)C(=O)O)cc1CN1CC2(COC2)Oc2ncccc2S1(=O)=O. The molecule has 2 aromatic heterocycles. The van der Waals surface area contributed by atoms with Gasteiger partial charge in [-0.25, -0.2) is 13.4 Å². The minimum atomic E-state index is -3.87. The molecule has 0 saturated carbocycles. The smallest absolute Gasteiger partial charge is 0.309 e. The van der Waals surface area contributed by atoms with Gasteiger partial charge in [-0.05, 0) is 50.5 Å². The largest absolute Gasteiger partial charge is 0.481 e. The maximum Gasteiger partial charge on any atom is 0.309 e. The van der Waals surface area contributed by atoms with Crippen molar-refractivity contribution >= 4 is 16.0 Å². The highest BCUT2D eigenvalue weighted by Crippen LogP contribution is 2.37. The summed E-state index contributed by atoms with van der Waals surface area (Å²) in [5.41, 5.74) is 0.388. The molecule has 0 aliphatic carbocycles. The third-order valence-electron chi connectivity index (χ3n) is 5.68. The normalized spacial score (nSPS) is 19.7. The minimum absolute atomic E-state index is 0.0209. The average Bonchev–Trinajstić information content (AvgIpc) is 2.77. The highest BCUT2D eigenvalue weighted by molar-refractivity contribution is 7.89. The molecule has 1 spiro atoms. The summed E-state index contributed by atoms with van der Waals surface area (Å²) < 4.78 is 39.6. The average molecular weight is 448 g/mol. The van der Waals surface area contributed by atoms with E-state index in [4.69, 9.17) is 9.47 Å². The van der Waals surface area contributed by atoms with Gasteiger partial charge in [-0.15, -0.1) is 0 Å². The first kappa shape index (κ1) is 21.7. The van der Waals surface area contributed by atoms with Gasteiger partial charge in [-0.3, -0.25) is 9.78 Å².